The molecule has 0 aliphatic carbocycles. The Kier molecular flexibility index (Phi) is 6.48. The molecule has 0 heterocycles. The Bertz CT molecular complexity index is 475. The van der Waals surface area contributed by atoms with Gasteiger partial charge in [-0.05, 0) is 18.6 Å². The molecule has 0 aliphatic rings. The van der Waals surface area contributed by atoms with Gasteiger partial charge < -0.3 is 15.3 Å². The van der Waals surface area contributed by atoms with Gasteiger partial charge in [-0.3, -0.25) is 0 Å². The van der Waals surface area contributed by atoms with Crippen molar-refractivity contribution in [1.82, 2.24) is 10.2 Å². The van der Waals surface area contributed by atoms with Gasteiger partial charge in [-0.15, -0.1) is 0 Å². The van der Waals surface area contributed by atoms with E-state index in [2.05, 4.69) is 17.2 Å². The largest absolute Gasteiger partial charge is 0.395 e. The first-order valence-corrected chi connectivity index (χ1v) is 6.35. The van der Waals surface area contributed by atoms with Crippen LogP contribution in [0.2, 0.25) is 0 Å². The number of nitrogens with one attached hydrogen (secondary N) is 1. The SMILES string of the molecule is CCN(C)C(=O)NCc1ccccc1C#CCCO. The van der Waals surface area contributed by atoms with E-state index in [-0.39, 0.29) is 12.6 Å². The number of amides is 2. The molecule has 0 spiro atoms. The summed E-state index contributed by atoms with van der Waals surface area (Å²) in [5, 5.41) is 11.6. The number of hydrogen-bond donors (Lipinski definition) is 2. The van der Waals surface area contributed by atoms with Gasteiger partial charge in [0.15, 0.2) is 0 Å². The van der Waals surface area contributed by atoms with Gasteiger partial charge >= 0.3 is 6.03 Å². The number of benzene rings is 1. The van der Waals surface area contributed by atoms with Crippen molar-refractivity contribution in [3.05, 3.63) is 35.4 Å². The Labute approximate surface area is 114 Å². The second-order valence-corrected chi connectivity index (χ2v) is 4.11. The fraction of sp³-hybridized carbons (Fsp3) is 0.400. The zero-order valence-corrected chi connectivity index (χ0v) is 11.4. The van der Waals surface area contributed by atoms with E-state index in [1.54, 1.807) is 11.9 Å². The Morgan fingerprint density at radius 1 is 1.42 bits per heavy atom. The lowest BCUT2D eigenvalue weighted by molar-refractivity contribution is 0.210. The molecular weight excluding hydrogens is 240 g/mol. The highest BCUT2D eigenvalue weighted by atomic mass is 16.2. The molecule has 4 heteroatoms. The first-order valence-electron chi connectivity index (χ1n) is 6.35. The number of rotatable bonds is 4. The summed E-state index contributed by atoms with van der Waals surface area (Å²) in [6, 6.07) is 7.58. The molecule has 0 radical (unpaired) electrons. The molecule has 0 unspecified atom stereocenters. The van der Waals surface area contributed by atoms with Crippen molar-refractivity contribution in [3.63, 3.8) is 0 Å². The van der Waals surface area contributed by atoms with Crippen molar-refractivity contribution < 1.29 is 9.90 Å². The van der Waals surface area contributed by atoms with E-state index < -0.39 is 0 Å². The molecule has 1 rings (SSSR count). The van der Waals surface area contributed by atoms with E-state index in [1.807, 2.05) is 31.2 Å². The number of carbonyl (C=O) groups is 1. The van der Waals surface area contributed by atoms with Gasteiger partial charge in [0.25, 0.3) is 0 Å². The molecule has 0 saturated heterocycles. The van der Waals surface area contributed by atoms with Crippen LogP contribution in [0.25, 0.3) is 0 Å². The van der Waals surface area contributed by atoms with Crippen LogP contribution in [0.3, 0.4) is 0 Å². The van der Waals surface area contributed by atoms with Crippen molar-refractivity contribution in [3.8, 4) is 11.8 Å². The second kappa shape index (κ2) is 8.17. The van der Waals surface area contributed by atoms with Gasteiger partial charge in [0, 0.05) is 32.1 Å². The highest BCUT2D eigenvalue weighted by Crippen LogP contribution is 2.07. The normalized spacial score (nSPS) is 9.42. The number of aliphatic hydroxyl groups excluding tert-OH is 1. The van der Waals surface area contributed by atoms with E-state index in [0.29, 0.717) is 19.5 Å². The van der Waals surface area contributed by atoms with Crippen LogP contribution in [0.4, 0.5) is 4.79 Å². The lowest BCUT2D eigenvalue weighted by atomic mass is 10.1. The van der Waals surface area contributed by atoms with Gasteiger partial charge in [0.2, 0.25) is 0 Å². The van der Waals surface area contributed by atoms with E-state index >= 15 is 0 Å². The van der Waals surface area contributed by atoms with Crippen LogP contribution in [-0.4, -0.2) is 36.2 Å². The molecule has 102 valence electrons. The fourth-order valence-electron chi connectivity index (χ4n) is 1.46. The number of urea groups is 1. The van der Waals surface area contributed by atoms with Crippen molar-refractivity contribution in [2.24, 2.45) is 0 Å². The maximum absolute atomic E-state index is 11.7. The molecule has 0 fully saturated rings. The zero-order chi connectivity index (χ0) is 14.1. The summed E-state index contributed by atoms with van der Waals surface area (Å²) in [4.78, 5) is 13.3. The summed E-state index contributed by atoms with van der Waals surface area (Å²) in [7, 11) is 1.75. The average Bonchev–Trinajstić information content (AvgIpc) is 2.45. The lowest BCUT2D eigenvalue weighted by Gasteiger charge is -2.15. The highest BCUT2D eigenvalue weighted by Gasteiger charge is 2.06. The number of aliphatic hydroxyl groups is 1. The van der Waals surface area contributed by atoms with E-state index in [1.165, 1.54) is 0 Å². The van der Waals surface area contributed by atoms with Gasteiger partial charge in [-0.2, -0.15) is 0 Å². The predicted molar refractivity (Wildman–Crippen MR) is 75.6 cm³/mol. The lowest BCUT2D eigenvalue weighted by Crippen LogP contribution is -2.36. The monoisotopic (exact) mass is 260 g/mol. The van der Waals surface area contributed by atoms with Gasteiger partial charge in [0.05, 0.1) is 6.61 Å². The molecular formula is C15H20N2O2. The van der Waals surface area contributed by atoms with Crippen molar-refractivity contribution in [2.75, 3.05) is 20.2 Å². The van der Waals surface area contributed by atoms with E-state index in [9.17, 15) is 4.79 Å². The summed E-state index contributed by atoms with van der Waals surface area (Å²) in [6.07, 6.45) is 0.458. The quantitative estimate of drug-likeness (QED) is 0.808. The van der Waals surface area contributed by atoms with Crippen LogP contribution in [0, 0.1) is 11.8 Å². The van der Waals surface area contributed by atoms with Gasteiger partial charge in [-0.25, -0.2) is 4.79 Å². The summed E-state index contributed by atoms with van der Waals surface area (Å²) in [5.74, 6) is 5.90. The zero-order valence-electron chi connectivity index (χ0n) is 11.4. The molecule has 0 atom stereocenters. The Balaban J connectivity index is 2.68. The molecule has 1 aromatic rings. The van der Waals surface area contributed by atoms with E-state index in [0.717, 1.165) is 11.1 Å². The first-order chi connectivity index (χ1) is 9.19. The highest BCUT2D eigenvalue weighted by molar-refractivity contribution is 5.73. The molecule has 19 heavy (non-hydrogen) atoms. The Hall–Kier alpha value is -1.99. The van der Waals surface area contributed by atoms with Crippen LogP contribution in [0.5, 0.6) is 0 Å². The molecule has 0 saturated carbocycles. The summed E-state index contributed by atoms with van der Waals surface area (Å²) < 4.78 is 0. The van der Waals surface area contributed by atoms with Crippen molar-refractivity contribution >= 4 is 6.03 Å². The minimum atomic E-state index is -0.0966. The summed E-state index contributed by atoms with van der Waals surface area (Å²) in [6.45, 7) is 3.11. The van der Waals surface area contributed by atoms with Gasteiger partial charge in [-0.1, -0.05) is 30.0 Å². The third kappa shape index (κ3) is 5.02. The Morgan fingerprint density at radius 3 is 2.84 bits per heavy atom. The third-order valence-corrected chi connectivity index (χ3v) is 2.73. The smallest absolute Gasteiger partial charge is 0.317 e. The number of carbonyl (C=O) groups excluding carboxylic acids is 1. The maximum atomic E-state index is 11.7. The fourth-order valence-corrected chi connectivity index (χ4v) is 1.46. The number of nitrogens with zero attached hydrogens (tertiary/aromatic N) is 1. The van der Waals surface area contributed by atoms with Crippen molar-refractivity contribution in [1.29, 1.82) is 0 Å². The van der Waals surface area contributed by atoms with E-state index in [4.69, 9.17) is 5.11 Å². The molecule has 1 aromatic carbocycles. The van der Waals surface area contributed by atoms with Gasteiger partial charge in [0.1, 0.15) is 0 Å². The third-order valence-electron chi connectivity index (χ3n) is 2.73. The van der Waals surface area contributed by atoms with Crippen LogP contribution >= 0.6 is 0 Å². The van der Waals surface area contributed by atoms with Crippen LogP contribution in [0.1, 0.15) is 24.5 Å². The molecule has 4 nitrogen and oxygen atoms in total. The molecule has 0 aromatic heterocycles. The molecule has 0 aliphatic heterocycles. The van der Waals surface area contributed by atoms with Crippen LogP contribution in [0.15, 0.2) is 24.3 Å². The average molecular weight is 260 g/mol. The molecule has 2 amide bonds. The number of hydrogen-bond acceptors (Lipinski definition) is 2. The maximum Gasteiger partial charge on any atom is 0.317 e. The molecule has 2 N–H and O–H groups in total. The topological polar surface area (TPSA) is 52.6 Å². The Morgan fingerprint density at radius 2 is 2.16 bits per heavy atom. The predicted octanol–water partition coefficient (Wildman–Crippen LogP) is 1.58. The molecule has 0 bridgehead atoms. The summed E-state index contributed by atoms with van der Waals surface area (Å²) >= 11 is 0. The van der Waals surface area contributed by atoms with Crippen LogP contribution < -0.4 is 5.32 Å². The van der Waals surface area contributed by atoms with Crippen LogP contribution in [-0.2, 0) is 6.54 Å². The first kappa shape index (κ1) is 15.1. The minimum Gasteiger partial charge on any atom is -0.395 e. The standard InChI is InChI=1S/C15H20N2O2/c1-3-17(2)15(19)16-12-14-10-5-4-8-13(14)9-6-7-11-18/h4-5,8,10,18H,3,7,11-12H2,1-2H3,(H,16,19). The summed E-state index contributed by atoms with van der Waals surface area (Å²) in [5.41, 5.74) is 1.86. The minimum absolute atomic E-state index is 0.0627. The second-order valence-electron chi connectivity index (χ2n) is 4.11. The van der Waals surface area contributed by atoms with Crippen molar-refractivity contribution in [2.45, 2.75) is 19.9 Å².